The van der Waals surface area contributed by atoms with E-state index in [-0.39, 0.29) is 22.8 Å². The van der Waals surface area contributed by atoms with Crippen molar-refractivity contribution in [2.24, 2.45) is 33.5 Å². The maximum absolute atomic E-state index is 13.1. The summed E-state index contributed by atoms with van der Waals surface area (Å²) in [4.78, 5) is 26.3. The third kappa shape index (κ3) is 2.67. The molecular weight excluding hydrogens is 400 g/mol. The maximum Gasteiger partial charge on any atom is 0.321 e. The first-order chi connectivity index (χ1) is 14.9. The van der Waals surface area contributed by atoms with Gasteiger partial charge in [0.1, 0.15) is 11.5 Å². The molecule has 4 nitrogen and oxygen atoms in total. The van der Waals surface area contributed by atoms with Gasteiger partial charge in [0.05, 0.1) is 10.8 Å². The molecule has 4 heteroatoms. The van der Waals surface area contributed by atoms with E-state index in [9.17, 15) is 9.59 Å². The van der Waals surface area contributed by atoms with Gasteiger partial charge >= 0.3 is 11.9 Å². The van der Waals surface area contributed by atoms with Crippen molar-refractivity contribution in [3.63, 3.8) is 0 Å². The number of hydrogen-bond donors (Lipinski definition) is 0. The topological polar surface area (TPSA) is 52.6 Å². The van der Waals surface area contributed by atoms with E-state index in [0.29, 0.717) is 23.3 Å². The van der Waals surface area contributed by atoms with E-state index in [0.717, 1.165) is 49.7 Å². The van der Waals surface area contributed by atoms with Crippen LogP contribution in [0.25, 0.3) is 0 Å². The third-order valence-corrected chi connectivity index (χ3v) is 9.81. The number of benzene rings is 1. The molecule has 0 N–H and O–H groups in total. The summed E-state index contributed by atoms with van der Waals surface area (Å²) in [5.41, 5.74) is 0.844. The molecule has 4 fully saturated rings. The zero-order valence-electron chi connectivity index (χ0n) is 19.8. The second-order valence-electron chi connectivity index (χ2n) is 11.7. The molecule has 1 aromatic carbocycles. The van der Waals surface area contributed by atoms with Crippen molar-refractivity contribution < 1.29 is 19.1 Å². The predicted molar refractivity (Wildman–Crippen MR) is 123 cm³/mol. The normalized spacial score (nSPS) is 35.9. The highest BCUT2D eigenvalue weighted by atomic mass is 16.5. The summed E-state index contributed by atoms with van der Waals surface area (Å²) in [7, 11) is 0. The van der Waals surface area contributed by atoms with Crippen LogP contribution < -0.4 is 9.47 Å². The number of rotatable bonds is 4. The molecule has 0 radical (unpaired) electrons. The van der Waals surface area contributed by atoms with Gasteiger partial charge in [-0.3, -0.25) is 9.59 Å². The SMILES string of the molecule is C=C1C2(C(=O)Oc3ccc(OC(=O)C45CCC(C4)C(C)(C)C5=C)cc3)CCC(C2)C1(C)C. The van der Waals surface area contributed by atoms with E-state index in [1.165, 1.54) is 0 Å². The molecule has 0 spiro atoms. The molecule has 0 saturated heterocycles. The van der Waals surface area contributed by atoms with Crippen LogP contribution in [0.5, 0.6) is 11.5 Å². The molecule has 170 valence electrons. The van der Waals surface area contributed by atoms with Crippen LogP contribution in [-0.4, -0.2) is 11.9 Å². The Labute approximate surface area is 191 Å². The zero-order chi connectivity index (χ0) is 23.1. The second-order valence-corrected chi connectivity index (χ2v) is 11.7. The maximum atomic E-state index is 13.1. The number of carbonyl (C=O) groups excluding carboxylic acids is 2. The number of fused-ring (bicyclic) bond motifs is 4. The minimum Gasteiger partial charge on any atom is -0.426 e. The molecule has 1 aromatic rings. The summed E-state index contributed by atoms with van der Waals surface area (Å²) in [5, 5.41) is 0. The Morgan fingerprint density at radius 3 is 1.38 bits per heavy atom. The van der Waals surface area contributed by atoms with Gasteiger partial charge in [-0.2, -0.15) is 0 Å². The van der Waals surface area contributed by atoms with Gasteiger partial charge in [-0.25, -0.2) is 0 Å². The molecule has 4 saturated carbocycles. The van der Waals surface area contributed by atoms with Crippen molar-refractivity contribution in [1.82, 2.24) is 0 Å². The lowest BCUT2D eigenvalue weighted by atomic mass is 9.68. The first-order valence-electron chi connectivity index (χ1n) is 11.9. The first-order valence-corrected chi connectivity index (χ1v) is 11.9. The van der Waals surface area contributed by atoms with Gasteiger partial charge < -0.3 is 9.47 Å². The van der Waals surface area contributed by atoms with E-state index >= 15 is 0 Å². The van der Waals surface area contributed by atoms with Crippen LogP contribution in [0.15, 0.2) is 48.6 Å². The second kappa shape index (κ2) is 6.59. The summed E-state index contributed by atoms with van der Waals surface area (Å²) in [6.45, 7) is 17.3. The molecule has 4 unspecified atom stereocenters. The Morgan fingerprint density at radius 2 is 1.09 bits per heavy atom. The summed E-state index contributed by atoms with van der Waals surface area (Å²) in [6.07, 6.45) is 5.38. The molecule has 0 aliphatic heterocycles. The van der Waals surface area contributed by atoms with E-state index in [1.807, 2.05) is 0 Å². The molecule has 32 heavy (non-hydrogen) atoms. The van der Waals surface area contributed by atoms with E-state index in [4.69, 9.17) is 9.47 Å². The fraction of sp³-hybridized carbons (Fsp3) is 0.571. The average molecular weight is 435 g/mol. The minimum absolute atomic E-state index is 0.0210. The van der Waals surface area contributed by atoms with Gasteiger partial charge in [-0.1, -0.05) is 52.0 Å². The lowest BCUT2D eigenvalue weighted by molar-refractivity contribution is -0.144. The fourth-order valence-electron chi connectivity index (χ4n) is 7.20. The lowest BCUT2D eigenvalue weighted by Gasteiger charge is -2.36. The van der Waals surface area contributed by atoms with Gasteiger partial charge in [0, 0.05) is 0 Å². The molecule has 5 rings (SSSR count). The summed E-state index contributed by atoms with van der Waals surface area (Å²) >= 11 is 0. The number of hydrogen-bond acceptors (Lipinski definition) is 4. The Hall–Kier alpha value is -2.36. The number of carbonyl (C=O) groups is 2. The fourth-order valence-corrected chi connectivity index (χ4v) is 7.20. The standard InChI is InChI=1S/C28H34O4/c1-17-25(3,4)19-11-13-27(17,15-19)23(29)31-21-7-9-22(10-8-21)32-24(30)28-14-12-20(16-28)26(5,6)18(28)2/h7-10,19-20H,1-2,11-16H2,3-6H3. The lowest BCUT2D eigenvalue weighted by Crippen LogP contribution is -2.36. The first kappa shape index (κ1) is 21.5. The largest absolute Gasteiger partial charge is 0.426 e. The van der Waals surface area contributed by atoms with Crippen LogP contribution >= 0.6 is 0 Å². The van der Waals surface area contributed by atoms with Crippen LogP contribution in [0.3, 0.4) is 0 Å². The van der Waals surface area contributed by atoms with Gasteiger partial charge in [0.2, 0.25) is 0 Å². The third-order valence-electron chi connectivity index (χ3n) is 9.81. The van der Waals surface area contributed by atoms with Gasteiger partial charge in [-0.15, -0.1) is 0 Å². The van der Waals surface area contributed by atoms with Crippen molar-refractivity contribution >= 4 is 11.9 Å². The highest BCUT2D eigenvalue weighted by molar-refractivity contribution is 5.85. The predicted octanol–water partition coefficient (Wildman–Crippen LogP) is 6.26. The van der Waals surface area contributed by atoms with Crippen LogP contribution in [0.4, 0.5) is 0 Å². The molecule has 4 bridgehead atoms. The minimum atomic E-state index is -0.562. The molecule has 0 heterocycles. The van der Waals surface area contributed by atoms with E-state index in [2.05, 4.69) is 40.9 Å². The molecular formula is C28H34O4. The number of ether oxygens (including phenoxy) is 2. The molecule has 4 aliphatic rings. The van der Waals surface area contributed by atoms with Crippen LogP contribution in [0, 0.1) is 33.5 Å². The van der Waals surface area contributed by atoms with Crippen molar-refractivity contribution in [3.8, 4) is 11.5 Å². The van der Waals surface area contributed by atoms with Crippen molar-refractivity contribution in [3.05, 3.63) is 48.6 Å². The average Bonchev–Trinajstić information content (AvgIpc) is 3.47. The Balaban J connectivity index is 1.27. The molecule has 0 amide bonds. The highest BCUT2D eigenvalue weighted by Crippen LogP contribution is 2.66. The van der Waals surface area contributed by atoms with Crippen LogP contribution in [0.1, 0.15) is 66.2 Å². The summed E-state index contributed by atoms with van der Waals surface area (Å²) in [5.74, 6) is 1.51. The molecule has 4 atom stereocenters. The Bertz CT molecular complexity index is 947. The smallest absolute Gasteiger partial charge is 0.321 e. The van der Waals surface area contributed by atoms with Gasteiger partial charge in [0.25, 0.3) is 0 Å². The highest BCUT2D eigenvalue weighted by Gasteiger charge is 2.63. The zero-order valence-corrected chi connectivity index (χ0v) is 19.8. The quantitative estimate of drug-likeness (QED) is 0.319. The van der Waals surface area contributed by atoms with Crippen LogP contribution in [-0.2, 0) is 9.59 Å². The molecule has 0 aromatic heterocycles. The van der Waals surface area contributed by atoms with E-state index in [1.54, 1.807) is 24.3 Å². The summed E-state index contributed by atoms with van der Waals surface area (Å²) < 4.78 is 11.6. The van der Waals surface area contributed by atoms with Crippen molar-refractivity contribution in [2.45, 2.75) is 66.2 Å². The Morgan fingerprint density at radius 1 is 0.750 bits per heavy atom. The monoisotopic (exact) mass is 434 g/mol. The number of esters is 2. The van der Waals surface area contributed by atoms with Gasteiger partial charge in [0.15, 0.2) is 0 Å². The van der Waals surface area contributed by atoms with E-state index < -0.39 is 10.8 Å². The van der Waals surface area contributed by atoms with Crippen molar-refractivity contribution in [2.75, 3.05) is 0 Å². The Kier molecular flexibility index (Phi) is 4.42. The van der Waals surface area contributed by atoms with Crippen LogP contribution in [0.2, 0.25) is 0 Å². The summed E-state index contributed by atoms with van der Waals surface area (Å²) in [6, 6.07) is 6.81. The molecule has 4 aliphatic carbocycles. The van der Waals surface area contributed by atoms with Crippen molar-refractivity contribution in [1.29, 1.82) is 0 Å². The van der Waals surface area contributed by atoms with Gasteiger partial charge in [-0.05, 0) is 85.5 Å².